The predicted octanol–water partition coefficient (Wildman–Crippen LogP) is 4.60. The van der Waals surface area contributed by atoms with Gasteiger partial charge in [-0.15, -0.1) is 0 Å². The Morgan fingerprint density at radius 1 is 0.833 bits per heavy atom. The molecule has 0 aliphatic heterocycles. The Hall–Kier alpha value is -0.160. The van der Waals surface area contributed by atoms with Gasteiger partial charge in [-0.2, -0.15) is 0 Å². The topological polar surface area (TPSA) is 70.5 Å². The van der Waals surface area contributed by atoms with Gasteiger partial charge in [-0.25, -0.2) is 0 Å². The first-order valence-electron chi connectivity index (χ1n) is 13.0. The van der Waals surface area contributed by atoms with Crippen molar-refractivity contribution in [2.45, 2.75) is 91.3 Å². The van der Waals surface area contributed by atoms with Crippen LogP contribution in [0.25, 0.3) is 0 Å². The van der Waals surface area contributed by atoms with Gasteiger partial charge in [0.25, 0.3) is 0 Å². The zero-order valence-electron chi connectivity index (χ0n) is 20.1. The highest BCUT2D eigenvalue weighted by atomic mass is 16.5. The van der Waals surface area contributed by atoms with E-state index in [4.69, 9.17) is 20.9 Å². The van der Waals surface area contributed by atoms with Gasteiger partial charge in [-0.3, -0.25) is 0 Å². The molecule has 4 N–H and O–H groups in total. The highest BCUT2D eigenvalue weighted by Gasteiger charge is 2.63. The molecule has 9 atom stereocenters. The van der Waals surface area contributed by atoms with E-state index in [1.807, 2.05) is 0 Å². The predicted molar refractivity (Wildman–Crippen MR) is 123 cm³/mol. The van der Waals surface area contributed by atoms with Gasteiger partial charge in [0.1, 0.15) is 0 Å². The molecule has 174 valence electrons. The average molecular weight is 421 g/mol. The fourth-order valence-corrected chi connectivity index (χ4v) is 9.07. The minimum absolute atomic E-state index is 0.389. The van der Waals surface area contributed by atoms with Crippen molar-refractivity contribution >= 4 is 0 Å². The van der Waals surface area contributed by atoms with E-state index in [2.05, 4.69) is 27.7 Å². The third-order valence-corrected chi connectivity index (χ3v) is 10.4. The van der Waals surface area contributed by atoms with Gasteiger partial charge in [0.2, 0.25) is 0 Å². The molecule has 0 bridgehead atoms. The van der Waals surface area contributed by atoms with Gasteiger partial charge in [0.05, 0.1) is 25.4 Å². The largest absolute Gasteiger partial charge is 0.377 e. The highest BCUT2D eigenvalue weighted by Crippen LogP contribution is 2.68. The molecule has 30 heavy (non-hydrogen) atoms. The lowest BCUT2D eigenvalue weighted by Gasteiger charge is -2.63. The molecule has 0 amide bonds. The maximum absolute atomic E-state index is 6.58. The summed E-state index contributed by atoms with van der Waals surface area (Å²) >= 11 is 0. The van der Waals surface area contributed by atoms with Crippen LogP contribution in [0.3, 0.4) is 0 Å². The fraction of sp³-hybridized carbons (Fsp3) is 1.00. The molecule has 0 radical (unpaired) electrons. The van der Waals surface area contributed by atoms with Gasteiger partial charge in [0.15, 0.2) is 0 Å². The Morgan fingerprint density at radius 2 is 1.50 bits per heavy atom. The van der Waals surface area contributed by atoms with Crippen LogP contribution in [0, 0.1) is 46.3 Å². The molecule has 0 aromatic carbocycles. The first-order valence-corrected chi connectivity index (χ1v) is 13.0. The van der Waals surface area contributed by atoms with Crippen molar-refractivity contribution < 1.29 is 9.47 Å². The number of hydrogen-bond acceptors (Lipinski definition) is 4. The van der Waals surface area contributed by atoms with Gasteiger partial charge in [-0.1, -0.05) is 27.7 Å². The molecule has 0 heterocycles. The maximum atomic E-state index is 6.58. The number of ether oxygens (including phenoxy) is 2. The van der Waals surface area contributed by atoms with Gasteiger partial charge in [-0.05, 0) is 97.7 Å². The lowest BCUT2D eigenvalue weighted by Crippen LogP contribution is -2.59. The second kappa shape index (κ2) is 9.00. The van der Waals surface area contributed by atoms with Crippen molar-refractivity contribution in [2.24, 2.45) is 57.8 Å². The van der Waals surface area contributed by atoms with Crippen LogP contribution in [-0.2, 0) is 9.47 Å². The molecule has 4 aliphatic rings. The standard InChI is InChI=1S/C26H48N2O2/c1-17(2)20-5-6-21-24-22(8-10-26(20,21)4)25(3)9-7-19(29-13-11-27)15-18(25)16-23(24)30-14-12-28/h17-24H,5-16,27-28H2,1-4H3/t18?,19-,20-,21+,22+,23-,24?,25+,26-/m1/s1. The van der Waals surface area contributed by atoms with Crippen molar-refractivity contribution in [1.82, 2.24) is 0 Å². The zero-order valence-corrected chi connectivity index (χ0v) is 20.1. The Morgan fingerprint density at radius 3 is 2.20 bits per heavy atom. The molecule has 4 aliphatic carbocycles. The second-order valence-corrected chi connectivity index (χ2v) is 12.0. The summed E-state index contributed by atoms with van der Waals surface area (Å²) in [6, 6.07) is 0. The van der Waals surface area contributed by atoms with Crippen LogP contribution in [0.15, 0.2) is 0 Å². The second-order valence-electron chi connectivity index (χ2n) is 12.0. The number of rotatable bonds is 7. The molecule has 4 saturated carbocycles. The van der Waals surface area contributed by atoms with Crippen LogP contribution in [0.5, 0.6) is 0 Å². The Balaban J connectivity index is 1.60. The summed E-state index contributed by atoms with van der Waals surface area (Å²) in [5.74, 6) is 4.74. The molecule has 2 unspecified atom stereocenters. The maximum Gasteiger partial charge on any atom is 0.0612 e. The summed E-state index contributed by atoms with van der Waals surface area (Å²) in [5, 5.41) is 0. The summed E-state index contributed by atoms with van der Waals surface area (Å²) < 4.78 is 12.7. The Bertz CT molecular complexity index is 583. The van der Waals surface area contributed by atoms with Gasteiger partial charge < -0.3 is 20.9 Å². The number of nitrogens with two attached hydrogens (primary N) is 2. The molecule has 4 fully saturated rings. The van der Waals surface area contributed by atoms with E-state index in [0.29, 0.717) is 55.3 Å². The normalized spacial score (nSPS) is 48.3. The molecular formula is C26H48N2O2. The fourth-order valence-electron chi connectivity index (χ4n) is 9.07. The van der Waals surface area contributed by atoms with E-state index in [1.54, 1.807) is 0 Å². The molecule has 4 nitrogen and oxygen atoms in total. The summed E-state index contributed by atoms with van der Waals surface area (Å²) in [6.45, 7) is 12.8. The van der Waals surface area contributed by atoms with E-state index in [0.717, 1.165) is 29.6 Å². The third-order valence-electron chi connectivity index (χ3n) is 10.4. The molecule has 0 aromatic heterocycles. The lowest BCUT2D eigenvalue weighted by molar-refractivity contribution is -0.190. The third kappa shape index (κ3) is 3.78. The van der Waals surface area contributed by atoms with Crippen molar-refractivity contribution in [3.8, 4) is 0 Å². The summed E-state index contributed by atoms with van der Waals surface area (Å²) in [6.07, 6.45) is 11.3. The quantitative estimate of drug-likeness (QED) is 0.631. The van der Waals surface area contributed by atoms with Crippen molar-refractivity contribution in [3.05, 3.63) is 0 Å². The molecule has 4 heteroatoms. The van der Waals surface area contributed by atoms with Gasteiger partial charge in [0, 0.05) is 13.1 Å². The van der Waals surface area contributed by atoms with Crippen molar-refractivity contribution in [1.29, 1.82) is 0 Å². The smallest absolute Gasteiger partial charge is 0.0612 e. The van der Waals surface area contributed by atoms with Crippen LogP contribution in [0.4, 0.5) is 0 Å². The SMILES string of the molecule is CC(C)[C@H]1CC[C@H]2C3[C@H](OCCN)CC4C[C@H](OCCN)CC[C@]4(C)[C@H]3CC[C@]12C. The van der Waals surface area contributed by atoms with E-state index in [-0.39, 0.29) is 0 Å². The highest BCUT2D eigenvalue weighted by molar-refractivity contribution is 5.12. The number of fused-ring (bicyclic) bond motifs is 5. The van der Waals surface area contributed by atoms with E-state index >= 15 is 0 Å². The van der Waals surface area contributed by atoms with Crippen LogP contribution in [0.2, 0.25) is 0 Å². The minimum atomic E-state index is 0.389. The average Bonchev–Trinajstić information content (AvgIpc) is 3.08. The van der Waals surface area contributed by atoms with E-state index in [9.17, 15) is 0 Å². The van der Waals surface area contributed by atoms with Crippen molar-refractivity contribution in [3.63, 3.8) is 0 Å². The van der Waals surface area contributed by atoms with E-state index in [1.165, 1.54) is 51.4 Å². The molecule has 0 saturated heterocycles. The van der Waals surface area contributed by atoms with Gasteiger partial charge >= 0.3 is 0 Å². The lowest BCUT2D eigenvalue weighted by atomic mass is 9.43. The zero-order chi connectivity index (χ0) is 21.5. The summed E-state index contributed by atoms with van der Waals surface area (Å²) in [5.41, 5.74) is 12.5. The van der Waals surface area contributed by atoms with Crippen LogP contribution in [-0.4, -0.2) is 38.5 Å². The molecular weight excluding hydrogens is 372 g/mol. The van der Waals surface area contributed by atoms with E-state index < -0.39 is 0 Å². The number of hydrogen-bond donors (Lipinski definition) is 2. The first kappa shape index (κ1) is 23.0. The Kier molecular flexibility index (Phi) is 6.90. The van der Waals surface area contributed by atoms with Crippen LogP contribution >= 0.6 is 0 Å². The van der Waals surface area contributed by atoms with Crippen molar-refractivity contribution in [2.75, 3.05) is 26.3 Å². The van der Waals surface area contributed by atoms with Crippen LogP contribution in [0.1, 0.15) is 79.1 Å². The summed E-state index contributed by atoms with van der Waals surface area (Å²) in [4.78, 5) is 0. The molecule has 4 rings (SSSR count). The Labute approximate surface area is 185 Å². The monoisotopic (exact) mass is 420 g/mol. The van der Waals surface area contributed by atoms with Crippen LogP contribution < -0.4 is 11.5 Å². The minimum Gasteiger partial charge on any atom is -0.377 e. The summed E-state index contributed by atoms with van der Waals surface area (Å²) in [7, 11) is 0. The molecule has 0 aromatic rings. The first-order chi connectivity index (χ1) is 14.3. The molecule has 0 spiro atoms.